The highest BCUT2D eigenvalue weighted by molar-refractivity contribution is 9.10. The van der Waals surface area contributed by atoms with Crippen LogP contribution < -0.4 is 14.8 Å². The summed E-state index contributed by atoms with van der Waals surface area (Å²) in [6, 6.07) is 3.95. The van der Waals surface area contributed by atoms with Crippen LogP contribution in [0.2, 0.25) is 0 Å². The van der Waals surface area contributed by atoms with Crippen molar-refractivity contribution >= 4 is 15.9 Å². The number of hydrogen-bond acceptors (Lipinski definition) is 6. The van der Waals surface area contributed by atoms with Gasteiger partial charge in [0, 0.05) is 19.5 Å². The molecule has 0 bridgehead atoms. The lowest BCUT2D eigenvalue weighted by Gasteiger charge is -2.12. The fourth-order valence-corrected chi connectivity index (χ4v) is 2.46. The molecule has 0 fully saturated rings. The van der Waals surface area contributed by atoms with Gasteiger partial charge in [-0.2, -0.15) is 4.98 Å². The Balaban J connectivity index is 1.91. The minimum absolute atomic E-state index is 0.631. The average molecular weight is 342 g/mol. The van der Waals surface area contributed by atoms with Crippen molar-refractivity contribution in [2.45, 2.75) is 13.0 Å². The van der Waals surface area contributed by atoms with E-state index in [9.17, 15) is 0 Å². The molecule has 2 rings (SSSR count). The van der Waals surface area contributed by atoms with Crippen LogP contribution in [0, 0.1) is 0 Å². The molecule has 20 heavy (non-hydrogen) atoms. The molecule has 1 aromatic carbocycles. The maximum absolute atomic E-state index is 5.31. The van der Waals surface area contributed by atoms with Crippen molar-refractivity contribution < 1.29 is 14.0 Å². The van der Waals surface area contributed by atoms with Crippen LogP contribution in [-0.4, -0.2) is 30.9 Å². The molecule has 2 aromatic rings. The number of benzene rings is 1. The Morgan fingerprint density at radius 2 is 2.15 bits per heavy atom. The summed E-state index contributed by atoms with van der Waals surface area (Å²) in [6.07, 6.45) is 2.11. The lowest BCUT2D eigenvalue weighted by Crippen LogP contribution is -2.17. The Bertz CT molecular complexity index is 546. The van der Waals surface area contributed by atoms with Crippen molar-refractivity contribution in [2.75, 3.05) is 20.8 Å². The number of nitrogens with one attached hydrogen (secondary N) is 1. The largest absolute Gasteiger partial charge is 0.493 e. The van der Waals surface area contributed by atoms with E-state index in [1.807, 2.05) is 12.1 Å². The molecule has 0 saturated carbocycles. The number of methoxy groups -OCH3 is 2. The van der Waals surface area contributed by atoms with Crippen molar-refractivity contribution in [3.63, 3.8) is 0 Å². The highest BCUT2D eigenvalue weighted by Gasteiger charge is 2.10. The summed E-state index contributed by atoms with van der Waals surface area (Å²) in [6.45, 7) is 1.47. The zero-order valence-corrected chi connectivity index (χ0v) is 12.9. The molecule has 0 unspecified atom stereocenters. The molecular weight excluding hydrogens is 326 g/mol. The molecule has 0 aliphatic rings. The highest BCUT2D eigenvalue weighted by atomic mass is 79.9. The molecule has 1 heterocycles. The monoisotopic (exact) mass is 341 g/mol. The molecule has 7 heteroatoms. The predicted octanol–water partition coefficient (Wildman–Crippen LogP) is 2.18. The van der Waals surface area contributed by atoms with E-state index in [0.717, 1.165) is 16.6 Å². The summed E-state index contributed by atoms with van der Waals surface area (Å²) in [5.41, 5.74) is 1.10. The first-order valence-corrected chi connectivity index (χ1v) is 6.90. The molecule has 0 atom stereocenters. The number of hydrogen-bond donors (Lipinski definition) is 1. The molecule has 1 N–H and O–H groups in total. The SMILES string of the molecule is COc1cc(CNCCc2ncno2)cc(Br)c1OC. The molecule has 0 aliphatic carbocycles. The van der Waals surface area contributed by atoms with Crippen LogP contribution in [-0.2, 0) is 13.0 Å². The summed E-state index contributed by atoms with van der Waals surface area (Å²) in [5.74, 6) is 2.03. The van der Waals surface area contributed by atoms with E-state index in [1.165, 1.54) is 6.33 Å². The number of nitrogens with zero attached hydrogens (tertiary/aromatic N) is 2. The van der Waals surface area contributed by atoms with E-state index >= 15 is 0 Å². The number of aromatic nitrogens is 2. The third kappa shape index (κ3) is 3.71. The van der Waals surface area contributed by atoms with Crippen molar-refractivity contribution in [1.29, 1.82) is 0 Å². The second-order valence-corrected chi connectivity index (χ2v) is 4.93. The van der Waals surface area contributed by atoms with Crippen molar-refractivity contribution in [3.05, 3.63) is 34.4 Å². The maximum Gasteiger partial charge on any atom is 0.227 e. The number of ether oxygens (including phenoxy) is 2. The highest BCUT2D eigenvalue weighted by Crippen LogP contribution is 2.36. The summed E-state index contributed by atoms with van der Waals surface area (Å²) < 4.78 is 16.4. The van der Waals surface area contributed by atoms with E-state index in [0.29, 0.717) is 30.4 Å². The van der Waals surface area contributed by atoms with Gasteiger partial charge in [0.1, 0.15) is 0 Å². The molecule has 0 spiro atoms. The van der Waals surface area contributed by atoms with Gasteiger partial charge in [-0.15, -0.1) is 0 Å². The Labute approximate surface area is 125 Å². The van der Waals surface area contributed by atoms with E-state index in [2.05, 4.69) is 31.4 Å². The van der Waals surface area contributed by atoms with Gasteiger partial charge in [-0.1, -0.05) is 5.16 Å². The van der Waals surface area contributed by atoms with E-state index in [4.69, 9.17) is 14.0 Å². The standard InChI is InChI=1S/C13H16BrN3O3/c1-18-11-6-9(5-10(14)13(11)19-2)7-15-4-3-12-16-8-17-20-12/h5-6,8,15H,3-4,7H2,1-2H3. The first kappa shape index (κ1) is 14.8. The third-order valence-corrected chi connectivity index (χ3v) is 3.33. The Kier molecular flexibility index (Phi) is 5.37. The zero-order valence-electron chi connectivity index (χ0n) is 11.4. The van der Waals surface area contributed by atoms with Gasteiger partial charge >= 0.3 is 0 Å². The van der Waals surface area contributed by atoms with Gasteiger partial charge in [-0.3, -0.25) is 0 Å². The van der Waals surface area contributed by atoms with Gasteiger partial charge in [0.25, 0.3) is 0 Å². The first-order valence-electron chi connectivity index (χ1n) is 6.11. The summed E-state index contributed by atoms with van der Waals surface area (Å²) in [5, 5.41) is 6.87. The number of halogens is 1. The predicted molar refractivity (Wildman–Crippen MR) is 77.0 cm³/mol. The van der Waals surface area contributed by atoms with Gasteiger partial charge in [-0.25, -0.2) is 0 Å². The van der Waals surface area contributed by atoms with E-state index < -0.39 is 0 Å². The fourth-order valence-electron chi connectivity index (χ4n) is 1.81. The van der Waals surface area contributed by atoms with Gasteiger partial charge < -0.3 is 19.3 Å². The van der Waals surface area contributed by atoms with Crippen LogP contribution in [0.15, 0.2) is 27.5 Å². The Hall–Kier alpha value is -1.60. The van der Waals surface area contributed by atoms with Crippen LogP contribution >= 0.6 is 15.9 Å². The Morgan fingerprint density at radius 3 is 2.80 bits per heavy atom. The zero-order chi connectivity index (χ0) is 14.4. The number of rotatable bonds is 7. The van der Waals surface area contributed by atoms with Gasteiger partial charge in [0.2, 0.25) is 5.89 Å². The quantitative estimate of drug-likeness (QED) is 0.778. The second kappa shape index (κ2) is 7.25. The lowest BCUT2D eigenvalue weighted by atomic mass is 10.2. The molecule has 0 aliphatic heterocycles. The average Bonchev–Trinajstić information content (AvgIpc) is 2.96. The molecular formula is C13H16BrN3O3. The van der Waals surface area contributed by atoms with Gasteiger partial charge in [-0.05, 0) is 33.6 Å². The van der Waals surface area contributed by atoms with Crippen molar-refractivity contribution in [3.8, 4) is 11.5 Å². The summed E-state index contributed by atoms with van der Waals surface area (Å²) in [7, 11) is 3.24. The van der Waals surface area contributed by atoms with Crippen LogP contribution in [0.3, 0.4) is 0 Å². The Morgan fingerprint density at radius 1 is 1.30 bits per heavy atom. The van der Waals surface area contributed by atoms with Gasteiger partial charge in [0.15, 0.2) is 17.8 Å². The molecule has 6 nitrogen and oxygen atoms in total. The normalized spacial score (nSPS) is 10.6. The van der Waals surface area contributed by atoms with Crippen molar-refractivity contribution in [1.82, 2.24) is 15.5 Å². The fraction of sp³-hybridized carbons (Fsp3) is 0.385. The molecule has 0 radical (unpaired) electrons. The lowest BCUT2D eigenvalue weighted by molar-refractivity contribution is 0.352. The molecule has 1 aromatic heterocycles. The summed E-state index contributed by atoms with van der Waals surface area (Å²) >= 11 is 3.47. The van der Waals surface area contributed by atoms with E-state index in [-0.39, 0.29) is 0 Å². The second-order valence-electron chi connectivity index (χ2n) is 4.07. The minimum Gasteiger partial charge on any atom is -0.493 e. The topological polar surface area (TPSA) is 69.4 Å². The maximum atomic E-state index is 5.31. The van der Waals surface area contributed by atoms with Crippen LogP contribution in [0.4, 0.5) is 0 Å². The first-order chi connectivity index (χ1) is 9.74. The van der Waals surface area contributed by atoms with Gasteiger partial charge in [0.05, 0.1) is 18.7 Å². The molecule has 0 amide bonds. The smallest absolute Gasteiger partial charge is 0.227 e. The van der Waals surface area contributed by atoms with Crippen LogP contribution in [0.25, 0.3) is 0 Å². The van der Waals surface area contributed by atoms with Crippen LogP contribution in [0.5, 0.6) is 11.5 Å². The van der Waals surface area contributed by atoms with E-state index in [1.54, 1.807) is 14.2 Å². The minimum atomic E-state index is 0.631. The molecule has 0 saturated heterocycles. The molecule has 108 valence electrons. The third-order valence-electron chi connectivity index (χ3n) is 2.75. The van der Waals surface area contributed by atoms with Crippen molar-refractivity contribution in [2.24, 2.45) is 0 Å². The summed E-state index contributed by atoms with van der Waals surface area (Å²) in [4.78, 5) is 3.96. The van der Waals surface area contributed by atoms with Crippen LogP contribution in [0.1, 0.15) is 11.5 Å².